The fourth-order valence-corrected chi connectivity index (χ4v) is 2.11. The zero-order valence-corrected chi connectivity index (χ0v) is 14.0. The molecule has 1 amide bonds. The molecule has 6 nitrogen and oxygen atoms in total. The van der Waals surface area contributed by atoms with Crippen LogP contribution in [0.25, 0.3) is 0 Å². The van der Waals surface area contributed by atoms with Crippen LogP contribution in [0.15, 0.2) is 48.5 Å². The molecule has 0 spiro atoms. The number of nitrogens with zero attached hydrogens (tertiary/aromatic N) is 1. The van der Waals surface area contributed by atoms with Crippen molar-refractivity contribution in [3.63, 3.8) is 0 Å². The van der Waals surface area contributed by atoms with E-state index in [9.17, 15) is 9.59 Å². The minimum atomic E-state index is -0.752. The van der Waals surface area contributed by atoms with Crippen LogP contribution < -0.4 is 10.1 Å². The summed E-state index contributed by atoms with van der Waals surface area (Å²) in [6.07, 6.45) is -0.573. The van der Waals surface area contributed by atoms with Gasteiger partial charge in [-0.3, -0.25) is 9.59 Å². The van der Waals surface area contributed by atoms with Gasteiger partial charge in [0.1, 0.15) is 11.8 Å². The summed E-state index contributed by atoms with van der Waals surface area (Å²) in [6, 6.07) is 15.6. The molecule has 6 heteroatoms. The summed E-state index contributed by atoms with van der Waals surface area (Å²) < 4.78 is 10.2. The van der Waals surface area contributed by atoms with Gasteiger partial charge in [-0.15, -0.1) is 0 Å². The molecule has 2 rings (SSSR count). The van der Waals surface area contributed by atoms with E-state index in [1.54, 1.807) is 55.5 Å². The molecule has 0 radical (unpaired) electrons. The molecule has 0 saturated carbocycles. The van der Waals surface area contributed by atoms with Crippen LogP contribution in [-0.2, 0) is 20.7 Å². The number of rotatable bonds is 6. The molecule has 0 aliphatic heterocycles. The fourth-order valence-electron chi connectivity index (χ4n) is 2.11. The Morgan fingerprint density at radius 1 is 1.16 bits per heavy atom. The topological polar surface area (TPSA) is 88.4 Å². The maximum Gasteiger partial charge on any atom is 0.309 e. The average molecular weight is 338 g/mol. The number of hydrogen-bond donors (Lipinski definition) is 1. The number of nitrogens with one attached hydrogen (secondary N) is 1. The van der Waals surface area contributed by atoms with Crippen LogP contribution in [0.5, 0.6) is 5.75 Å². The van der Waals surface area contributed by atoms with Gasteiger partial charge < -0.3 is 14.8 Å². The molecule has 0 bridgehead atoms. The molecule has 2 aromatic rings. The van der Waals surface area contributed by atoms with Crippen LogP contribution in [0.4, 0.5) is 5.69 Å². The first kappa shape index (κ1) is 18.0. The molecule has 0 fully saturated rings. The Bertz CT molecular complexity index is 794. The van der Waals surface area contributed by atoms with Gasteiger partial charge in [-0.1, -0.05) is 24.3 Å². The average Bonchev–Trinajstić information content (AvgIpc) is 2.63. The number of carbonyl (C=O) groups is 2. The molecule has 0 saturated heterocycles. The van der Waals surface area contributed by atoms with Crippen LogP contribution in [0.3, 0.4) is 0 Å². The highest BCUT2D eigenvalue weighted by molar-refractivity contribution is 5.95. The lowest BCUT2D eigenvalue weighted by Crippen LogP contribution is -2.30. The molecule has 1 N–H and O–H groups in total. The molecule has 0 unspecified atom stereocenters. The number of carbonyl (C=O) groups excluding carboxylic acids is 2. The van der Waals surface area contributed by atoms with Crippen molar-refractivity contribution in [3.8, 4) is 11.8 Å². The molecule has 0 aromatic heterocycles. The van der Waals surface area contributed by atoms with E-state index < -0.39 is 6.10 Å². The van der Waals surface area contributed by atoms with E-state index >= 15 is 0 Å². The van der Waals surface area contributed by atoms with Gasteiger partial charge in [0, 0.05) is 0 Å². The van der Waals surface area contributed by atoms with Gasteiger partial charge in [0.15, 0.2) is 6.10 Å². The zero-order valence-electron chi connectivity index (χ0n) is 14.0. The standard InChI is InChI=1S/C19H18N2O4/c1-13(19(23)21-17-6-4-3-5-15(17)12-20)25-16-9-7-14(8-10-16)11-18(22)24-2/h3-10,13H,11H2,1-2H3,(H,21,23)/t13-/m0/s1. The van der Waals surface area contributed by atoms with Crippen molar-refractivity contribution >= 4 is 17.6 Å². The molecule has 2 aromatic carbocycles. The normalized spacial score (nSPS) is 11.1. The molecule has 0 aliphatic rings. The third-order valence-electron chi connectivity index (χ3n) is 3.49. The van der Waals surface area contributed by atoms with Crippen LogP contribution in [0.2, 0.25) is 0 Å². The van der Waals surface area contributed by atoms with Crippen molar-refractivity contribution in [3.05, 3.63) is 59.7 Å². The highest BCUT2D eigenvalue weighted by Crippen LogP contribution is 2.17. The highest BCUT2D eigenvalue weighted by atomic mass is 16.5. The Kier molecular flexibility index (Phi) is 6.13. The predicted molar refractivity (Wildman–Crippen MR) is 92.0 cm³/mol. The number of benzene rings is 2. The second-order valence-electron chi connectivity index (χ2n) is 5.30. The Morgan fingerprint density at radius 2 is 1.84 bits per heavy atom. The largest absolute Gasteiger partial charge is 0.481 e. The quantitative estimate of drug-likeness (QED) is 0.818. The molecule has 1 atom stereocenters. The van der Waals surface area contributed by atoms with E-state index in [-0.39, 0.29) is 18.3 Å². The van der Waals surface area contributed by atoms with E-state index in [0.29, 0.717) is 17.0 Å². The van der Waals surface area contributed by atoms with E-state index in [1.165, 1.54) is 7.11 Å². The van der Waals surface area contributed by atoms with Crippen LogP contribution >= 0.6 is 0 Å². The SMILES string of the molecule is COC(=O)Cc1ccc(O[C@@H](C)C(=O)Nc2ccccc2C#N)cc1. The second-order valence-corrected chi connectivity index (χ2v) is 5.30. The van der Waals surface area contributed by atoms with Gasteiger partial charge in [-0.2, -0.15) is 5.26 Å². The first-order chi connectivity index (χ1) is 12.0. The van der Waals surface area contributed by atoms with E-state index in [4.69, 9.17) is 10.00 Å². The first-order valence-corrected chi connectivity index (χ1v) is 7.66. The van der Waals surface area contributed by atoms with E-state index in [0.717, 1.165) is 5.56 Å². The number of esters is 1. The van der Waals surface area contributed by atoms with E-state index in [2.05, 4.69) is 10.1 Å². The summed E-state index contributed by atoms with van der Waals surface area (Å²) in [5, 5.41) is 11.7. The maximum atomic E-state index is 12.2. The second kappa shape index (κ2) is 8.50. The Balaban J connectivity index is 1.97. The molecular formula is C19H18N2O4. The highest BCUT2D eigenvalue weighted by Gasteiger charge is 2.16. The lowest BCUT2D eigenvalue weighted by atomic mass is 10.1. The summed E-state index contributed by atoms with van der Waals surface area (Å²) >= 11 is 0. The summed E-state index contributed by atoms with van der Waals surface area (Å²) in [5.74, 6) is -0.177. The van der Waals surface area contributed by atoms with Gasteiger partial charge in [-0.05, 0) is 36.8 Å². The Hall–Kier alpha value is -3.33. The molecule has 25 heavy (non-hydrogen) atoms. The van der Waals surface area contributed by atoms with Crippen molar-refractivity contribution in [2.75, 3.05) is 12.4 Å². The number of para-hydroxylation sites is 1. The van der Waals surface area contributed by atoms with Crippen molar-refractivity contribution in [1.82, 2.24) is 0 Å². The lowest BCUT2D eigenvalue weighted by molar-refractivity contribution is -0.139. The number of ether oxygens (including phenoxy) is 2. The number of amides is 1. The minimum absolute atomic E-state index is 0.178. The first-order valence-electron chi connectivity index (χ1n) is 7.66. The van der Waals surface area contributed by atoms with Gasteiger partial charge in [-0.25, -0.2) is 0 Å². The molecule has 0 heterocycles. The minimum Gasteiger partial charge on any atom is -0.481 e. The van der Waals surface area contributed by atoms with Crippen LogP contribution in [-0.4, -0.2) is 25.1 Å². The molecule has 128 valence electrons. The van der Waals surface area contributed by atoms with Gasteiger partial charge in [0.05, 0.1) is 24.8 Å². The van der Waals surface area contributed by atoms with E-state index in [1.807, 2.05) is 6.07 Å². The number of nitriles is 1. The maximum absolute atomic E-state index is 12.2. The molecule has 0 aliphatic carbocycles. The van der Waals surface area contributed by atoms with Crippen LogP contribution in [0, 0.1) is 11.3 Å². The summed E-state index contributed by atoms with van der Waals surface area (Å²) in [4.78, 5) is 23.5. The zero-order chi connectivity index (χ0) is 18.2. The van der Waals surface area contributed by atoms with Crippen molar-refractivity contribution < 1.29 is 19.1 Å². The van der Waals surface area contributed by atoms with Crippen molar-refractivity contribution in [2.45, 2.75) is 19.4 Å². The number of methoxy groups -OCH3 is 1. The third-order valence-corrected chi connectivity index (χ3v) is 3.49. The van der Waals surface area contributed by atoms with Crippen molar-refractivity contribution in [1.29, 1.82) is 5.26 Å². The number of anilines is 1. The third kappa shape index (κ3) is 5.08. The summed E-state index contributed by atoms with van der Waals surface area (Å²) in [7, 11) is 1.34. The van der Waals surface area contributed by atoms with Gasteiger partial charge in [0.2, 0.25) is 0 Å². The van der Waals surface area contributed by atoms with Crippen LogP contribution in [0.1, 0.15) is 18.1 Å². The van der Waals surface area contributed by atoms with Crippen molar-refractivity contribution in [2.24, 2.45) is 0 Å². The monoisotopic (exact) mass is 338 g/mol. The Morgan fingerprint density at radius 3 is 2.48 bits per heavy atom. The fraction of sp³-hybridized carbons (Fsp3) is 0.211. The van der Waals surface area contributed by atoms with Gasteiger partial charge in [0.25, 0.3) is 5.91 Å². The summed E-state index contributed by atoms with van der Waals surface area (Å²) in [5.41, 5.74) is 1.62. The Labute approximate surface area is 146 Å². The predicted octanol–water partition coefficient (Wildman–Crippen LogP) is 2.68. The lowest BCUT2D eigenvalue weighted by Gasteiger charge is -2.15. The summed E-state index contributed by atoms with van der Waals surface area (Å²) in [6.45, 7) is 1.62. The molecular weight excluding hydrogens is 320 g/mol. The number of hydrogen-bond acceptors (Lipinski definition) is 5. The smallest absolute Gasteiger partial charge is 0.309 e. The van der Waals surface area contributed by atoms with Gasteiger partial charge >= 0.3 is 5.97 Å².